The van der Waals surface area contributed by atoms with Crippen molar-refractivity contribution in [2.75, 3.05) is 31.6 Å². The monoisotopic (exact) mass is 250 g/mol. The van der Waals surface area contributed by atoms with Crippen molar-refractivity contribution in [3.05, 3.63) is 23.8 Å². The lowest BCUT2D eigenvalue weighted by atomic mass is 10.1. The first-order chi connectivity index (χ1) is 8.58. The Balaban J connectivity index is 2.63. The normalized spacial score (nSPS) is 12.3. The number of ether oxygens (including phenoxy) is 1. The smallest absolute Gasteiger partial charge is 0.122 e. The van der Waals surface area contributed by atoms with Gasteiger partial charge in [0.05, 0.1) is 6.61 Å². The number of hydrogen-bond acceptors (Lipinski definition) is 3. The van der Waals surface area contributed by atoms with Crippen LogP contribution in [0.3, 0.4) is 0 Å². The minimum absolute atomic E-state index is 0.580. The molecule has 1 rings (SSSR count). The molecule has 18 heavy (non-hydrogen) atoms. The summed E-state index contributed by atoms with van der Waals surface area (Å²) in [6.07, 6.45) is 1.12. The van der Waals surface area contributed by atoms with E-state index in [4.69, 9.17) is 10.5 Å². The predicted octanol–water partition coefficient (Wildman–Crippen LogP) is 2.81. The lowest BCUT2D eigenvalue weighted by Crippen LogP contribution is -2.23. The fourth-order valence-corrected chi connectivity index (χ4v) is 1.85. The van der Waals surface area contributed by atoms with Gasteiger partial charge < -0.3 is 15.4 Å². The Morgan fingerprint density at radius 1 is 1.39 bits per heavy atom. The quantitative estimate of drug-likeness (QED) is 0.808. The highest BCUT2D eigenvalue weighted by Gasteiger charge is 2.06. The molecule has 1 unspecified atom stereocenters. The Morgan fingerprint density at radius 2 is 2.11 bits per heavy atom. The molecule has 0 radical (unpaired) electrons. The van der Waals surface area contributed by atoms with Crippen molar-refractivity contribution >= 4 is 5.69 Å². The van der Waals surface area contributed by atoms with Crippen LogP contribution < -0.4 is 15.4 Å². The van der Waals surface area contributed by atoms with Gasteiger partial charge in [0, 0.05) is 19.3 Å². The van der Waals surface area contributed by atoms with Gasteiger partial charge in [0.25, 0.3) is 0 Å². The average Bonchev–Trinajstić information content (AvgIpc) is 2.38. The predicted molar refractivity (Wildman–Crippen MR) is 78.5 cm³/mol. The number of benzene rings is 1. The molecule has 3 nitrogen and oxygen atoms in total. The zero-order valence-corrected chi connectivity index (χ0v) is 12.1. The highest BCUT2D eigenvalue weighted by molar-refractivity contribution is 5.52. The molecule has 1 atom stereocenters. The third-order valence-corrected chi connectivity index (χ3v) is 3.26. The molecule has 0 amide bonds. The minimum Gasteiger partial charge on any atom is -0.494 e. The van der Waals surface area contributed by atoms with Crippen LogP contribution in [0.5, 0.6) is 5.75 Å². The van der Waals surface area contributed by atoms with Crippen molar-refractivity contribution in [3.63, 3.8) is 0 Å². The Hall–Kier alpha value is -1.22. The molecule has 0 aromatic heterocycles. The van der Waals surface area contributed by atoms with Crippen molar-refractivity contribution in [1.29, 1.82) is 0 Å². The highest BCUT2D eigenvalue weighted by Crippen LogP contribution is 2.24. The standard InChI is InChI=1S/C15H26N2O/c1-5-18-15-7-6-14(10-13(15)3)17(4)9-8-12(2)11-16/h6-7,10,12H,5,8-9,11,16H2,1-4H3. The van der Waals surface area contributed by atoms with Crippen LogP contribution in [-0.4, -0.2) is 26.7 Å². The van der Waals surface area contributed by atoms with Gasteiger partial charge in [-0.25, -0.2) is 0 Å². The van der Waals surface area contributed by atoms with Crippen molar-refractivity contribution in [1.82, 2.24) is 0 Å². The average molecular weight is 250 g/mol. The SMILES string of the molecule is CCOc1ccc(N(C)CCC(C)CN)cc1C. The maximum atomic E-state index is 5.64. The maximum absolute atomic E-state index is 5.64. The molecule has 0 aliphatic rings. The van der Waals surface area contributed by atoms with Gasteiger partial charge in [0.2, 0.25) is 0 Å². The van der Waals surface area contributed by atoms with E-state index < -0.39 is 0 Å². The maximum Gasteiger partial charge on any atom is 0.122 e. The number of aryl methyl sites for hydroxylation is 1. The van der Waals surface area contributed by atoms with E-state index >= 15 is 0 Å². The molecule has 0 spiro atoms. The molecule has 0 fully saturated rings. The van der Waals surface area contributed by atoms with Crippen LogP contribution in [0.15, 0.2) is 18.2 Å². The van der Waals surface area contributed by atoms with Gasteiger partial charge in [-0.3, -0.25) is 0 Å². The summed E-state index contributed by atoms with van der Waals surface area (Å²) in [5, 5.41) is 0. The Bertz CT molecular complexity index is 366. The molecule has 0 heterocycles. The van der Waals surface area contributed by atoms with Crippen LogP contribution in [0.25, 0.3) is 0 Å². The van der Waals surface area contributed by atoms with Crippen molar-refractivity contribution < 1.29 is 4.74 Å². The van der Waals surface area contributed by atoms with Crippen molar-refractivity contribution in [2.24, 2.45) is 11.7 Å². The van der Waals surface area contributed by atoms with E-state index in [-0.39, 0.29) is 0 Å². The molecule has 0 saturated carbocycles. The second-order valence-corrected chi connectivity index (χ2v) is 4.93. The van der Waals surface area contributed by atoms with Crippen LogP contribution in [0.1, 0.15) is 25.8 Å². The first kappa shape index (κ1) is 14.8. The van der Waals surface area contributed by atoms with E-state index in [1.165, 1.54) is 11.3 Å². The number of hydrogen-bond donors (Lipinski definition) is 1. The summed E-state index contributed by atoms with van der Waals surface area (Å²) >= 11 is 0. The summed E-state index contributed by atoms with van der Waals surface area (Å²) in [5.74, 6) is 1.56. The van der Waals surface area contributed by atoms with Crippen LogP contribution in [0.2, 0.25) is 0 Å². The number of anilines is 1. The van der Waals surface area contributed by atoms with E-state index in [1.54, 1.807) is 0 Å². The third-order valence-electron chi connectivity index (χ3n) is 3.26. The fourth-order valence-electron chi connectivity index (χ4n) is 1.85. The summed E-state index contributed by atoms with van der Waals surface area (Å²) in [7, 11) is 2.12. The Kier molecular flexibility index (Phi) is 5.99. The van der Waals surface area contributed by atoms with E-state index in [0.29, 0.717) is 12.5 Å². The van der Waals surface area contributed by atoms with E-state index in [1.807, 2.05) is 6.92 Å². The fraction of sp³-hybridized carbons (Fsp3) is 0.600. The van der Waals surface area contributed by atoms with E-state index in [9.17, 15) is 0 Å². The topological polar surface area (TPSA) is 38.5 Å². The van der Waals surface area contributed by atoms with Crippen LogP contribution in [0.4, 0.5) is 5.69 Å². The van der Waals surface area contributed by atoms with Gasteiger partial charge in [-0.2, -0.15) is 0 Å². The van der Waals surface area contributed by atoms with Gasteiger partial charge in [-0.1, -0.05) is 6.92 Å². The van der Waals surface area contributed by atoms with Crippen LogP contribution in [-0.2, 0) is 0 Å². The largest absolute Gasteiger partial charge is 0.494 e. The molecular formula is C15H26N2O. The van der Waals surface area contributed by atoms with Gasteiger partial charge in [0.1, 0.15) is 5.75 Å². The first-order valence-electron chi connectivity index (χ1n) is 6.73. The van der Waals surface area contributed by atoms with Gasteiger partial charge in [-0.05, 0) is 56.5 Å². The van der Waals surface area contributed by atoms with Crippen LogP contribution >= 0.6 is 0 Å². The Labute approximate surface area is 111 Å². The lowest BCUT2D eigenvalue weighted by molar-refractivity contribution is 0.338. The molecule has 0 saturated heterocycles. The van der Waals surface area contributed by atoms with Gasteiger partial charge in [0.15, 0.2) is 0 Å². The molecule has 1 aromatic rings. The second-order valence-electron chi connectivity index (χ2n) is 4.93. The molecule has 1 aromatic carbocycles. The molecule has 0 aliphatic heterocycles. The molecular weight excluding hydrogens is 224 g/mol. The zero-order chi connectivity index (χ0) is 13.5. The summed E-state index contributed by atoms with van der Waals surface area (Å²) in [5.41, 5.74) is 8.06. The Morgan fingerprint density at radius 3 is 2.67 bits per heavy atom. The minimum atomic E-state index is 0.580. The summed E-state index contributed by atoms with van der Waals surface area (Å²) < 4.78 is 5.55. The number of nitrogens with two attached hydrogens (primary N) is 1. The van der Waals surface area contributed by atoms with Gasteiger partial charge in [-0.15, -0.1) is 0 Å². The van der Waals surface area contributed by atoms with Crippen molar-refractivity contribution in [2.45, 2.75) is 27.2 Å². The molecule has 102 valence electrons. The van der Waals surface area contributed by atoms with E-state index in [2.05, 4.69) is 44.0 Å². The molecule has 0 bridgehead atoms. The summed E-state index contributed by atoms with van der Waals surface area (Å²) in [4.78, 5) is 2.27. The molecule has 0 aliphatic carbocycles. The first-order valence-corrected chi connectivity index (χ1v) is 6.73. The molecule has 3 heteroatoms. The molecule has 2 N–H and O–H groups in total. The zero-order valence-electron chi connectivity index (χ0n) is 12.1. The van der Waals surface area contributed by atoms with Crippen molar-refractivity contribution in [3.8, 4) is 5.75 Å². The lowest BCUT2D eigenvalue weighted by Gasteiger charge is -2.22. The summed E-state index contributed by atoms with van der Waals surface area (Å²) in [6.45, 7) is 8.79. The van der Waals surface area contributed by atoms with Crippen LogP contribution in [0, 0.1) is 12.8 Å². The third kappa shape index (κ3) is 4.22. The highest BCUT2D eigenvalue weighted by atomic mass is 16.5. The van der Waals surface area contributed by atoms with E-state index in [0.717, 1.165) is 25.3 Å². The number of nitrogens with zero attached hydrogens (tertiary/aromatic N) is 1. The second kappa shape index (κ2) is 7.27. The number of rotatable bonds is 7. The van der Waals surface area contributed by atoms with Gasteiger partial charge >= 0.3 is 0 Å². The summed E-state index contributed by atoms with van der Waals surface area (Å²) in [6, 6.07) is 6.35.